The summed E-state index contributed by atoms with van der Waals surface area (Å²) >= 11 is 0. The van der Waals surface area contributed by atoms with Crippen LogP contribution >= 0.6 is 0 Å². The predicted octanol–water partition coefficient (Wildman–Crippen LogP) is 3.62. The lowest BCUT2D eigenvalue weighted by Gasteiger charge is -2.42. The van der Waals surface area contributed by atoms with Crippen LogP contribution in [0.25, 0.3) is 0 Å². The number of aliphatic hydroxyl groups excluding tert-OH is 1. The largest absolute Gasteiger partial charge is 0.490 e. The summed E-state index contributed by atoms with van der Waals surface area (Å²) in [5.74, 6) is 1.05. The molecule has 1 N–H and O–H groups in total. The van der Waals surface area contributed by atoms with Gasteiger partial charge in [0.2, 0.25) is 0 Å². The summed E-state index contributed by atoms with van der Waals surface area (Å²) in [6, 6.07) is 8.47. The number of hydrogen-bond donors (Lipinski definition) is 1. The normalized spacial score (nSPS) is 25.4. The fourth-order valence-corrected chi connectivity index (χ4v) is 4.35. The molecule has 2 aliphatic rings. The Morgan fingerprint density at radius 3 is 2.76 bits per heavy atom. The van der Waals surface area contributed by atoms with Crippen LogP contribution in [0.3, 0.4) is 0 Å². The van der Waals surface area contributed by atoms with E-state index in [0.717, 1.165) is 51.3 Å². The van der Waals surface area contributed by atoms with Crippen molar-refractivity contribution < 1.29 is 14.6 Å². The summed E-state index contributed by atoms with van der Waals surface area (Å²) in [5.41, 5.74) is 1.25. The Morgan fingerprint density at radius 2 is 2.00 bits per heavy atom. The number of hydrogen-bond acceptors (Lipinski definition) is 4. The molecule has 1 atom stereocenters. The summed E-state index contributed by atoms with van der Waals surface area (Å²) in [4.78, 5) is 2.48. The lowest BCUT2D eigenvalue weighted by atomic mass is 9.78. The first-order valence-electron chi connectivity index (χ1n) is 9.81. The number of para-hydroxylation sites is 1. The maximum atomic E-state index is 9.99. The molecule has 1 aromatic rings. The second-order valence-electron chi connectivity index (χ2n) is 7.85. The number of aliphatic hydroxyl groups is 1. The van der Waals surface area contributed by atoms with Gasteiger partial charge in [-0.2, -0.15) is 0 Å². The molecule has 0 radical (unpaired) electrons. The summed E-state index contributed by atoms with van der Waals surface area (Å²) in [7, 11) is 1.74. The third-order valence-electron chi connectivity index (χ3n) is 5.87. The van der Waals surface area contributed by atoms with E-state index in [2.05, 4.69) is 29.2 Å². The molecule has 4 nitrogen and oxygen atoms in total. The van der Waals surface area contributed by atoms with E-state index in [9.17, 15) is 5.11 Å². The van der Waals surface area contributed by atoms with E-state index < -0.39 is 0 Å². The van der Waals surface area contributed by atoms with Crippen molar-refractivity contribution >= 4 is 0 Å². The van der Waals surface area contributed by atoms with Gasteiger partial charge in [-0.3, -0.25) is 4.90 Å². The molecule has 25 heavy (non-hydrogen) atoms. The van der Waals surface area contributed by atoms with Crippen LogP contribution in [0, 0.1) is 5.41 Å². The first-order valence-corrected chi connectivity index (χ1v) is 9.81. The third kappa shape index (κ3) is 4.96. The fraction of sp³-hybridized carbons (Fsp3) is 0.714. The van der Waals surface area contributed by atoms with Gasteiger partial charge in [0.05, 0.1) is 12.7 Å². The van der Waals surface area contributed by atoms with E-state index in [1.54, 1.807) is 7.11 Å². The average Bonchev–Trinajstić information content (AvgIpc) is 3.15. The van der Waals surface area contributed by atoms with E-state index in [1.807, 2.05) is 0 Å². The Labute approximate surface area is 152 Å². The van der Waals surface area contributed by atoms with Gasteiger partial charge in [0, 0.05) is 37.8 Å². The number of piperidine rings is 1. The Kier molecular flexibility index (Phi) is 6.74. The Balaban J connectivity index is 1.65. The van der Waals surface area contributed by atoms with Gasteiger partial charge in [0.15, 0.2) is 0 Å². The quantitative estimate of drug-likeness (QED) is 0.780. The van der Waals surface area contributed by atoms with Crippen molar-refractivity contribution in [1.29, 1.82) is 0 Å². The van der Waals surface area contributed by atoms with Crippen LogP contribution in [0.2, 0.25) is 0 Å². The first kappa shape index (κ1) is 18.7. The van der Waals surface area contributed by atoms with Crippen LogP contribution < -0.4 is 4.74 Å². The van der Waals surface area contributed by atoms with Gasteiger partial charge < -0.3 is 14.6 Å². The lowest BCUT2D eigenvalue weighted by molar-refractivity contribution is 0.00441. The summed E-state index contributed by atoms with van der Waals surface area (Å²) in [6.45, 7) is 3.89. The topological polar surface area (TPSA) is 41.9 Å². The highest BCUT2D eigenvalue weighted by Gasteiger charge is 2.34. The lowest BCUT2D eigenvalue weighted by Crippen LogP contribution is -2.45. The van der Waals surface area contributed by atoms with E-state index in [0.29, 0.717) is 6.10 Å². The molecular formula is C21H33NO3. The highest BCUT2D eigenvalue weighted by Crippen LogP contribution is 2.35. The van der Waals surface area contributed by atoms with Crippen molar-refractivity contribution in [3.05, 3.63) is 29.8 Å². The van der Waals surface area contributed by atoms with Crippen molar-refractivity contribution in [3.8, 4) is 5.75 Å². The molecule has 1 aliphatic carbocycles. The van der Waals surface area contributed by atoms with Crippen molar-refractivity contribution in [2.24, 2.45) is 5.41 Å². The Morgan fingerprint density at radius 1 is 1.20 bits per heavy atom. The summed E-state index contributed by atoms with van der Waals surface area (Å²) in [6.07, 6.45) is 8.48. The average molecular weight is 347 g/mol. The van der Waals surface area contributed by atoms with Gasteiger partial charge in [-0.05, 0) is 57.6 Å². The van der Waals surface area contributed by atoms with Crippen molar-refractivity contribution in [2.75, 3.05) is 33.4 Å². The maximum absolute atomic E-state index is 9.99. The maximum Gasteiger partial charge on any atom is 0.124 e. The minimum atomic E-state index is -0.0183. The zero-order chi connectivity index (χ0) is 17.5. The molecule has 0 bridgehead atoms. The molecule has 0 unspecified atom stereocenters. The van der Waals surface area contributed by atoms with Gasteiger partial charge in [-0.1, -0.05) is 18.2 Å². The third-order valence-corrected chi connectivity index (χ3v) is 5.87. The zero-order valence-electron chi connectivity index (χ0n) is 15.6. The predicted molar refractivity (Wildman–Crippen MR) is 99.8 cm³/mol. The Bertz CT molecular complexity index is 530. The van der Waals surface area contributed by atoms with Crippen LogP contribution in [0.15, 0.2) is 24.3 Å². The van der Waals surface area contributed by atoms with E-state index in [4.69, 9.17) is 9.47 Å². The van der Waals surface area contributed by atoms with Crippen LogP contribution in [0.1, 0.15) is 50.5 Å². The molecular weight excluding hydrogens is 314 g/mol. The molecule has 140 valence electrons. The number of benzene rings is 1. The highest BCUT2D eigenvalue weighted by molar-refractivity contribution is 5.33. The standard InChI is InChI=1S/C21H33NO3/c1-24-14-12-21(17-23)11-6-13-22(16-21)15-18-7-2-5-10-20(18)25-19-8-3-4-9-19/h2,5,7,10,19,23H,3-4,6,8-9,11-17H2,1H3/t21-/m1/s1. The minimum Gasteiger partial charge on any atom is -0.490 e. The van der Waals surface area contributed by atoms with Crippen molar-refractivity contribution in [3.63, 3.8) is 0 Å². The molecule has 0 aromatic heterocycles. The van der Waals surface area contributed by atoms with Crippen LogP contribution in [0.5, 0.6) is 5.75 Å². The number of ether oxygens (including phenoxy) is 2. The minimum absolute atomic E-state index is 0.0183. The van der Waals surface area contributed by atoms with Gasteiger partial charge >= 0.3 is 0 Å². The molecule has 4 heteroatoms. The molecule has 1 heterocycles. The molecule has 1 aromatic carbocycles. The van der Waals surface area contributed by atoms with Crippen molar-refractivity contribution in [2.45, 2.75) is 57.6 Å². The van der Waals surface area contributed by atoms with Gasteiger partial charge in [-0.25, -0.2) is 0 Å². The molecule has 3 rings (SSSR count). The van der Waals surface area contributed by atoms with Crippen LogP contribution in [-0.2, 0) is 11.3 Å². The molecule has 1 saturated carbocycles. The van der Waals surface area contributed by atoms with Gasteiger partial charge in [0.1, 0.15) is 5.75 Å². The first-order chi connectivity index (χ1) is 12.2. The van der Waals surface area contributed by atoms with E-state index in [-0.39, 0.29) is 12.0 Å². The fourth-order valence-electron chi connectivity index (χ4n) is 4.35. The summed E-state index contributed by atoms with van der Waals surface area (Å²) < 4.78 is 11.6. The van der Waals surface area contributed by atoms with Crippen LogP contribution in [0.4, 0.5) is 0 Å². The smallest absolute Gasteiger partial charge is 0.124 e. The number of rotatable bonds is 8. The number of nitrogens with zero attached hydrogens (tertiary/aromatic N) is 1. The molecule has 2 fully saturated rings. The van der Waals surface area contributed by atoms with E-state index >= 15 is 0 Å². The molecule has 0 spiro atoms. The number of methoxy groups -OCH3 is 1. The van der Waals surface area contributed by atoms with E-state index in [1.165, 1.54) is 31.2 Å². The van der Waals surface area contributed by atoms with Crippen molar-refractivity contribution in [1.82, 2.24) is 4.90 Å². The second-order valence-corrected chi connectivity index (χ2v) is 7.85. The van der Waals surface area contributed by atoms with Gasteiger partial charge in [0.25, 0.3) is 0 Å². The molecule has 0 amide bonds. The molecule has 1 saturated heterocycles. The highest BCUT2D eigenvalue weighted by atomic mass is 16.5. The summed E-state index contributed by atoms with van der Waals surface area (Å²) in [5, 5.41) is 9.99. The molecule has 1 aliphatic heterocycles. The monoisotopic (exact) mass is 347 g/mol. The second kappa shape index (κ2) is 9.02. The number of likely N-dealkylation sites (tertiary alicyclic amines) is 1. The zero-order valence-corrected chi connectivity index (χ0v) is 15.6. The SMILES string of the molecule is COCC[C@]1(CO)CCCN(Cc2ccccc2OC2CCCC2)C1. The Hall–Kier alpha value is -1.10. The van der Waals surface area contributed by atoms with Gasteiger partial charge in [-0.15, -0.1) is 0 Å². The van der Waals surface area contributed by atoms with Crippen LogP contribution in [-0.4, -0.2) is 49.5 Å².